The number of hydrogen-bond acceptors (Lipinski definition) is 3. The second kappa shape index (κ2) is 5.70. The molecule has 2 aromatic heterocycles. The summed E-state index contributed by atoms with van der Waals surface area (Å²) >= 11 is 0. The quantitative estimate of drug-likeness (QED) is 0.697. The lowest BCUT2D eigenvalue weighted by Crippen LogP contribution is -2.14. The van der Waals surface area contributed by atoms with Gasteiger partial charge in [-0.25, -0.2) is 4.52 Å². The SMILES string of the molecule is C=S(C#Cc1cccc2nc(NC(=O)C3CC3)nn12)CC. The molecule has 1 amide bonds. The normalized spacial score (nSPS) is 15.3. The highest BCUT2D eigenvalue weighted by Gasteiger charge is 2.30. The predicted molar refractivity (Wildman–Crippen MR) is 86.5 cm³/mol. The third kappa shape index (κ3) is 3.14. The number of hydrogen-bond donors (Lipinski definition) is 1. The van der Waals surface area contributed by atoms with E-state index in [0.29, 0.717) is 11.6 Å². The van der Waals surface area contributed by atoms with Crippen molar-refractivity contribution in [2.75, 3.05) is 11.1 Å². The molecule has 0 bridgehead atoms. The van der Waals surface area contributed by atoms with Gasteiger partial charge in [-0.2, -0.15) is 4.98 Å². The van der Waals surface area contributed by atoms with Gasteiger partial charge in [0.15, 0.2) is 5.65 Å². The Morgan fingerprint density at radius 2 is 2.38 bits per heavy atom. The summed E-state index contributed by atoms with van der Waals surface area (Å²) < 4.78 is 1.66. The van der Waals surface area contributed by atoms with E-state index < -0.39 is 0 Å². The molecule has 6 heteroatoms. The third-order valence-electron chi connectivity index (χ3n) is 3.21. The van der Waals surface area contributed by atoms with E-state index in [4.69, 9.17) is 0 Å². The molecule has 5 nitrogen and oxygen atoms in total. The van der Waals surface area contributed by atoms with Crippen molar-refractivity contribution < 1.29 is 4.79 Å². The molecule has 1 aliphatic rings. The van der Waals surface area contributed by atoms with Gasteiger partial charge < -0.3 is 0 Å². The van der Waals surface area contributed by atoms with Crippen LogP contribution in [0.3, 0.4) is 0 Å². The van der Waals surface area contributed by atoms with Crippen molar-refractivity contribution >= 4 is 33.9 Å². The number of aromatic nitrogens is 3. The molecule has 2 heterocycles. The number of amides is 1. The van der Waals surface area contributed by atoms with Crippen LogP contribution in [0.4, 0.5) is 5.95 Å². The average Bonchev–Trinajstić information content (AvgIpc) is 3.25. The van der Waals surface area contributed by atoms with Crippen LogP contribution in [0.2, 0.25) is 0 Å². The fourth-order valence-electron chi connectivity index (χ4n) is 1.81. The summed E-state index contributed by atoms with van der Waals surface area (Å²) in [6.07, 6.45) is 1.91. The average molecular weight is 300 g/mol. The van der Waals surface area contributed by atoms with Gasteiger partial charge in [0.2, 0.25) is 11.9 Å². The Labute approximate surface area is 125 Å². The van der Waals surface area contributed by atoms with Crippen LogP contribution in [0.1, 0.15) is 25.5 Å². The maximum absolute atomic E-state index is 11.8. The predicted octanol–water partition coefficient (Wildman–Crippen LogP) is 2.11. The lowest BCUT2D eigenvalue weighted by molar-refractivity contribution is -0.117. The van der Waals surface area contributed by atoms with Crippen LogP contribution >= 0.6 is 10.5 Å². The molecule has 1 saturated carbocycles. The zero-order valence-corrected chi connectivity index (χ0v) is 12.6. The van der Waals surface area contributed by atoms with Crippen LogP contribution < -0.4 is 5.32 Å². The molecule has 0 aromatic carbocycles. The fourth-order valence-corrected chi connectivity index (χ4v) is 2.20. The first-order valence-corrected chi connectivity index (χ1v) is 8.42. The first kappa shape index (κ1) is 13.8. The molecule has 3 rings (SSSR count). The lowest BCUT2D eigenvalue weighted by Gasteiger charge is -1.96. The maximum Gasteiger partial charge on any atom is 0.249 e. The topological polar surface area (TPSA) is 59.3 Å². The fraction of sp³-hybridized carbons (Fsp3) is 0.333. The van der Waals surface area contributed by atoms with Gasteiger partial charge in [0.25, 0.3) is 0 Å². The first-order chi connectivity index (χ1) is 10.2. The van der Waals surface area contributed by atoms with E-state index in [2.05, 4.69) is 39.4 Å². The zero-order valence-electron chi connectivity index (χ0n) is 11.8. The van der Waals surface area contributed by atoms with Crippen molar-refractivity contribution in [3.05, 3.63) is 23.9 Å². The molecule has 1 aliphatic carbocycles. The molecule has 1 unspecified atom stereocenters. The van der Waals surface area contributed by atoms with Gasteiger partial charge in [0, 0.05) is 5.92 Å². The Balaban J connectivity index is 1.90. The molecular formula is C15H16N4OS. The van der Waals surface area contributed by atoms with Gasteiger partial charge in [0.1, 0.15) is 5.69 Å². The number of carbonyl (C=O) groups excluding carboxylic acids is 1. The molecule has 0 radical (unpaired) electrons. The highest BCUT2D eigenvalue weighted by Crippen LogP contribution is 2.29. The molecule has 1 atom stereocenters. The minimum Gasteiger partial charge on any atom is -0.293 e. The van der Waals surface area contributed by atoms with E-state index in [1.165, 1.54) is 0 Å². The molecule has 0 aliphatic heterocycles. The van der Waals surface area contributed by atoms with Crippen molar-refractivity contribution in [2.45, 2.75) is 19.8 Å². The Morgan fingerprint density at radius 1 is 1.57 bits per heavy atom. The van der Waals surface area contributed by atoms with Crippen LogP contribution in [0.25, 0.3) is 5.65 Å². The highest BCUT2D eigenvalue weighted by atomic mass is 32.2. The van der Waals surface area contributed by atoms with E-state index in [-0.39, 0.29) is 22.3 Å². The van der Waals surface area contributed by atoms with Crippen LogP contribution in [0.5, 0.6) is 0 Å². The number of rotatable bonds is 3. The van der Waals surface area contributed by atoms with Gasteiger partial charge in [-0.1, -0.05) is 18.9 Å². The number of carbonyl (C=O) groups is 1. The maximum atomic E-state index is 11.8. The third-order valence-corrected chi connectivity index (χ3v) is 4.30. The summed E-state index contributed by atoms with van der Waals surface area (Å²) in [6, 6.07) is 5.61. The van der Waals surface area contributed by atoms with Gasteiger partial charge in [0.05, 0.1) is 0 Å². The Hall–Kier alpha value is -2.13. The molecule has 0 saturated heterocycles. The van der Waals surface area contributed by atoms with Crippen molar-refractivity contribution in [2.24, 2.45) is 5.92 Å². The lowest BCUT2D eigenvalue weighted by atomic mass is 10.3. The Morgan fingerprint density at radius 3 is 3.10 bits per heavy atom. The molecule has 21 heavy (non-hydrogen) atoms. The summed E-state index contributed by atoms with van der Waals surface area (Å²) in [5.41, 5.74) is 1.43. The molecule has 1 fully saturated rings. The minimum absolute atomic E-state index is 0.00354. The first-order valence-electron chi connectivity index (χ1n) is 6.86. The van der Waals surface area contributed by atoms with E-state index in [9.17, 15) is 4.79 Å². The number of anilines is 1. The van der Waals surface area contributed by atoms with Gasteiger partial charge >= 0.3 is 0 Å². The smallest absolute Gasteiger partial charge is 0.249 e. The summed E-state index contributed by atoms with van der Waals surface area (Å²) in [4.78, 5) is 16.1. The van der Waals surface area contributed by atoms with E-state index >= 15 is 0 Å². The molecule has 108 valence electrons. The Kier molecular flexibility index (Phi) is 3.76. The highest BCUT2D eigenvalue weighted by molar-refractivity contribution is 8.18. The van der Waals surface area contributed by atoms with Crippen LogP contribution in [0.15, 0.2) is 18.2 Å². The largest absolute Gasteiger partial charge is 0.293 e. The van der Waals surface area contributed by atoms with Crippen molar-refractivity contribution in [3.8, 4) is 11.2 Å². The molecule has 0 spiro atoms. The van der Waals surface area contributed by atoms with Gasteiger partial charge in [-0.15, -0.1) is 15.6 Å². The van der Waals surface area contributed by atoms with E-state index in [0.717, 1.165) is 24.3 Å². The zero-order chi connectivity index (χ0) is 14.8. The van der Waals surface area contributed by atoms with Crippen LogP contribution in [-0.4, -0.2) is 32.1 Å². The monoisotopic (exact) mass is 300 g/mol. The van der Waals surface area contributed by atoms with E-state index in [1.807, 2.05) is 18.2 Å². The number of nitrogens with one attached hydrogen (secondary N) is 1. The summed E-state index contributed by atoms with van der Waals surface area (Å²) in [5, 5.41) is 10.2. The van der Waals surface area contributed by atoms with E-state index in [1.54, 1.807) is 4.52 Å². The second-order valence-corrected chi connectivity index (χ2v) is 6.66. The van der Waals surface area contributed by atoms with Gasteiger partial charge in [-0.3, -0.25) is 10.1 Å². The summed E-state index contributed by atoms with van der Waals surface area (Å²) in [5.74, 6) is 8.47. The number of nitrogens with zero attached hydrogens (tertiary/aromatic N) is 3. The standard InChI is InChI=1S/C15H16N4OS/c1-3-21(2)10-9-12-5-4-6-13-16-15(18-19(12)13)17-14(20)11-7-8-11/h4-6,11H,2-3,7-8H2,1H3,(H,17,18,20). The van der Waals surface area contributed by atoms with Crippen molar-refractivity contribution in [1.82, 2.24) is 14.6 Å². The van der Waals surface area contributed by atoms with Gasteiger partial charge in [-0.05, 0) is 41.9 Å². The number of pyridine rings is 1. The second-order valence-electron chi connectivity index (χ2n) is 4.89. The van der Waals surface area contributed by atoms with Crippen molar-refractivity contribution in [1.29, 1.82) is 0 Å². The van der Waals surface area contributed by atoms with Crippen LogP contribution in [0, 0.1) is 17.1 Å². The van der Waals surface area contributed by atoms with Crippen LogP contribution in [-0.2, 0) is 4.79 Å². The summed E-state index contributed by atoms with van der Waals surface area (Å²) in [6.45, 7) is 2.06. The minimum atomic E-state index is -0.163. The molecular weight excluding hydrogens is 284 g/mol. The summed E-state index contributed by atoms with van der Waals surface area (Å²) in [7, 11) is -0.163. The molecule has 1 N–H and O–H groups in total. The number of fused-ring (bicyclic) bond motifs is 1. The molecule has 2 aromatic rings. The van der Waals surface area contributed by atoms with Crippen molar-refractivity contribution in [3.63, 3.8) is 0 Å². The Bertz CT molecular complexity index is 780.